The van der Waals surface area contributed by atoms with Crippen molar-refractivity contribution in [1.82, 2.24) is 4.90 Å². The SMILES string of the molecule is O=C1CC(=O)N(C(C(=O)O)c2cccc(F)c2)C1. The zero-order valence-electron chi connectivity index (χ0n) is 9.30. The van der Waals surface area contributed by atoms with Crippen molar-refractivity contribution in [2.75, 3.05) is 6.54 Å². The summed E-state index contributed by atoms with van der Waals surface area (Å²) in [4.78, 5) is 34.9. The van der Waals surface area contributed by atoms with Gasteiger partial charge >= 0.3 is 5.97 Å². The van der Waals surface area contributed by atoms with Crippen LogP contribution in [0.3, 0.4) is 0 Å². The van der Waals surface area contributed by atoms with Crippen molar-refractivity contribution in [3.63, 3.8) is 0 Å². The van der Waals surface area contributed by atoms with Gasteiger partial charge in [-0.2, -0.15) is 0 Å². The van der Waals surface area contributed by atoms with Gasteiger partial charge in [0.1, 0.15) is 5.82 Å². The van der Waals surface area contributed by atoms with Crippen LogP contribution in [0, 0.1) is 5.82 Å². The number of aliphatic carboxylic acids is 1. The molecule has 1 N–H and O–H groups in total. The molecule has 0 spiro atoms. The Morgan fingerprint density at radius 3 is 2.61 bits per heavy atom. The molecule has 5 nitrogen and oxygen atoms in total. The minimum atomic E-state index is -1.32. The standard InChI is InChI=1S/C12H10FNO4/c13-8-3-1-2-7(4-8)11(12(17)18)14-6-9(15)5-10(14)16/h1-4,11H,5-6H2,(H,17,18). The van der Waals surface area contributed by atoms with Gasteiger partial charge in [0.05, 0.1) is 13.0 Å². The fourth-order valence-electron chi connectivity index (χ4n) is 1.97. The molecule has 0 bridgehead atoms. The number of ketones is 1. The van der Waals surface area contributed by atoms with Gasteiger partial charge in [-0.25, -0.2) is 9.18 Å². The summed E-state index contributed by atoms with van der Waals surface area (Å²) in [5, 5.41) is 9.15. The average molecular weight is 251 g/mol. The maximum Gasteiger partial charge on any atom is 0.331 e. The van der Waals surface area contributed by atoms with E-state index in [0.717, 1.165) is 11.0 Å². The zero-order chi connectivity index (χ0) is 13.3. The second kappa shape index (κ2) is 4.56. The molecule has 1 aromatic rings. The molecule has 1 saturated heterocycles. The number of benzene rings is 1. The minimum Gasteiger partial charge on any atom is -0.479 e. The van der Waals surface area contributed by atoms with Crippen LogP contribution in [0.15, 0.2) is 24.3 Å². The lowest BCUT2D eigenvalue weighted by molar-refractivity contribution is -0.148. The number of Topliss-reactive ketones (excluding diaryl/α,β-unsaturated/α-hetero) is 1. The number of carbonyl (C=O) groups excluding carboxylic acids is 2. The molecule has 1 unspecified atom stereocenters. The van der Waals surface area contributed by atoms with Crippen molar-refractivity contribution in [3.8, 4) is 0 Å². The fraction of sp³-hybridized carbons (Fsp3) is 0.250. The van der Waals surface area contributed by atoms with Crippen molar-refractivity contribution >= 4 is 17.7 Å². The number of rotatable bonds is 3. The summed E-state index contributed by atoms with van der Waals surface area (Å²) in [6.45, 7) is -0.244. The average Bonchev–Trinajstić information content (AvgIpc) is 2.58. The van der Waals surface area contributed by atoms with Crippen LogP contribution in [0.4, 0.5) is 4.39 Å². The highest BCUT2D eigenvalue weighted by molar-refractivity contribution is 6.06. The Hall–Kier alpha value is -2.24. The van der Waals surface area contributed by atoms with Gasteiger partial charge < -0.3 is 10.0 Å². The first-order valence-corrected chi connectivity index (χ1v) is 5.28. The predicted octanol–water partition coefficient (Wildman–Crippen LogP) is 0.753. The number of halogens is 1. The van der Waals surface area contributed by atoms with E-state index in [1.165, 1.54) is 18.2 Å². The third-order valence-electron chi connectivity index (χ3n) is 2.73. The molecule has 1 aliphatic rings. The van der Waals surface area contributed by atoms with Crippen molar-refractivity contribution < 1.29 is 23.9 Å². The number of carboxylic acids is 1. The van der Waals surface area contributed by atoms with Gasteiger partial charge in [-0.1, -0.05) is 12.1 Å². The van der Waals surface area contributed by atoms with E-state index in [4.69, 9.17) is 5.11 Å². The summed E-state index contributed by atoms with van der Waals surface area (Å²) in [5.41, 5.74) is 0.144. The number of nitrogens with zero attached hydrogens (tertiary/aromatic N) is 1. The highest BCUT2D eigenvalue weighted by Crippen LogP contribution is 2.25. The summed E-state index contributed by atoms with van der Waals surface area (Å²) in [5.74, 6) is -2.75. The number of hydrogen-bond donors (Lipinski definition) is 1. The normalized spacial score (nSPS) is 17.1. The van der Waals surface area contributed by atoms with Crippen LogP contribution in [0.25, 0.3) is 0 Å². The second-order valence-electron chi connectivity index (χ2n) is 4.03. The lowest BCUT2D eigenvalue weighted by Gasteiger charge is -2.23. The van der Waals surface area contributed by atoms with E-state index in [1.807, 2.05) is 0 Å². The molecule has 0 aromatic heterocycles. The Morgan fingerprint density at radius 1 is 1.39 bits per heavy atom. The molecule has 1 aliphatic heterocycles. The Morgan fingerprint density at radius 2 is 2.11 bits per heavy atom. The van der Waals surface area contributed by atoms with Crippen LogP contribution in [0.1, 0.15) is 18.0 Å². The maximum atomic E-state index is 13.1. The summed E-state index contributed by atoms with van der Waals surface area (Å²) < 4.78 is 13.1. The highest BCUT2D eigenvalue weighted by atomic mass is 19.1. The molecule has 18 heavy (non-hydrogen) atoms. The number of amides is 1. The molecular formula is C12H10FNO4. The predicted molar refractivity (Wildman–Crippen MR) is 58.1 cm³/mol. The Labute approximate surface area is 102 Å². The van der Waals surface area contributed by atoms with Crippen LogP contribution in [0.5, 0.6) is 0 Å². The third kappa shape index (κ3) is 2.22. The van der Waals surface area contributed by atoms with E-state index in [-0.39, 0.29) is 24.3 Å². The first-order chi connectivity index (χ1) is 8.49. The summed E-state index contributed by atoms with van der Waals surface area (Å²) in [7, 11) is 0. The quantitative estimate of drug-likeness (QED) is 0.804. The largest absolute Gasteiger partial charge is 0.479 e. The molecule has 0 aliphatic carbocycles. The molecule has 1 amide bonds. The topological polar surface area (TPSA) is 74.7 Å². The van der Waals surface area contributed by atoms with Gasteiger partial charge in [-0.05, 0) is 17.7 Å². The van der Waals surface area contributed by atoms with Crippen molar-refractivity contribution in [1.29, 1.82) is 0 Å². The highest BCUT2D eigenvalue weighted by Gasteiger charge is 2.37. The molecule has 1 atom stereocenters. The Balaban J connectivity index is 2.38. The summed E-state index contributed by atoms with van der Waals surface area (Å²) in [6, 6.07) is 3.69. The summed E-state index contributed by atoms with van der Waals surface area (Å²) >= 11 is 0. The van der Waals surface area contributed by atoms with E-state index in [1.54, 1.807) is 0 Å². The van der Waals surface area contributed by atoms with Crippen LogP contribution < -0.4 is 0 Å². The molecule has 94 valence electrons. The zero-order valence-corrected chi connectivity index (χ0v) is 9.30. The van der Waals surface area contributed by atoms with Crippen molar-refractivity contribution in [3.05, 3.63) is 35.6 Å². The monoisotopic (exact) mass is 251 g/mol. The second-order valence-corrected chi connectivity index (χ2v) is 4.03. The minimum absolute atomic E-state index is 0.144. The lowest BCUT2D eigenvalue weighted by Crippen LogP contribution is -2.35. The third-order valence-corrected chi connectivity index (χ3v) is 2.73. The van der Waals surface area contributed by atoms with Crippen molar-refractivity contribution in [2.24, 2.45) is 0 Å². The van der Waals surface area contributed by atoms with E-state index >= 15 is 0 Å². The molecular weight excluding hydrogens is 241 g/mol. The molecule has 2 rings (SSSR count). The molecule has 6 heteroatoms. The smallest absolute Gasteiger partial charge is 0.331 e. The van der Waals surface area contributed by atoms with Gasteiger partial charge in [0, 0.05) is 0 Å². The van der Waals surface area contributed by atoms with Gasteiger partial charge in [-0.15, -0.1) is 0 Å². The Kier molecular flexibility index (Phi) is 3.10. The molecule has 1 heterocycles. The van der Waals surface area contributed by atoms with E-state index < -0.39 is 23.7 Å². The van der Waals surface area contributed by atoms with E-state index in [9.17, 15) is 18.8 Å². The molecule has 0 saturated carbocycles. The van der Waals surface area contributed by atoms with Gasteiger partial charge in [0.25, 0.3) is 0 Å². The number of carboxylic acid groups (broad SMARTS) is 1. The lowest BCUT2D eigenvalue weighted by atomic mass is 10.1. The molecule has 1 fully saturated rings. The van der Waals surface area contributed by atoms with Crippen LogP contribution >= 0.6 is 0 Å². The van der Waals surface area contributed by atoms with Crippen molar-refractivity contribution in [2.45, 2.75) is 12.5 Å². The summed E-state index contributed by atoms with van der Waals surface area (Å²) in [6.07, 6.45) is -0.293. The van der Waals surface area contributed by atoms with Crippen LogP contribution in [0.2, 0.25) is 0 Å². The van der Waals surface area contributed by atoms with E-state index in [2.05, 4.69) is 0 Å². The molecule has 1 aromatic carbocycles. The Bertz CT molecular complexity index is 529. The maximum absolute atomic E-state index is 13.1. The van der Waals surface area contributed by atoms with Gasteiger partial charge in [0.15, 0.2) is 11.8 Å². The number of hydrogen-bond acceptors (Lipinski definition) is 3. The fourth-order valence-corrected chi connectivity index (χ4v) is 1.97. The first kappa shape index (κ1) is 12.2. The number of carbonyl (C=O) groups is 3. The number of likely N-dealkylation sites (tertiary alicyclic amines) is 1. The van der Waals surface area contributed by atoms with Crippen LogP contribution in [-0.4, -0.2) is 34.2 Å². The van der Waals surface area contributed by atoms with Gasteiger partial charge in [-0.3, -0.25) is 9.59 Å². The molecule has 0 radical (unpaired) electrons. The van der Waals surface area contributed by atoms with Crippen LogP contribution in [-0.2, 0) is 14.4 Å². The van der Waals surface area contributed by atoms with E-state index in [0.29, 0.717) is 0 Å². The van der Waals surface area contributed by atoms with Gasteiger partial charge in [0.2, 0.25) is 5.91 Å². The first-order valence-electron chi connectivity index (χ1n) is 5.28.